The van der Waals surface area contributed by atoms with E-state index in [-0.39, 0.29) is 12.5 Å². The number of nitriles is 1. The lowest BCUT2D eigenvalue weighted by molar-refractivity contribution is -0.121. The SMILES string of the molecule is CN(CC(=O)NC(=O)NC(C)(C)C)Cc1cccc(C#N)c1. The Labute approximate surface area is 131 Å². The highest BCUT2D eigenvalue weighted by Crippen LogP contribution is 2.06. The van der Waals surface area contributed by atoms with E-state index in [1.807, 2.05) is 26.8 Å². The topological polar surface area (TPSA) is 85.2 Å². The van der Waals surface area contributed by atoms with Crippen molar-refractivity contribution in [2.24, 2.45) is 0 Å². The van der Waals surface area contributed by atoms with Gasteiger partial charge in [-0.25, -0.2) is 4.79 Å². The number of urea groups is 1. The zero-order valence-corrected chi connectivity index (χ0v) is 13.4. The van der Waals surface area contributed by atoms with Crippen LogP contribution in [0, 0.1) is 11.3 Å². The molecule has 1 aromatic carbocycles. The van der Waals surface area contributed by atoms with Crippen LogP contribution in [0.5, 0.6) is 0 Å². The minimum absolute atomic E-state index is 0.0916. The first kappa shape index (κ1) is 17.7. The van der Waals surface area contributed by atoms with E-state index in [0.717, 1.165) is 5.56 Å². The molecule has 0 atom stereocenters. The molecular formula is C16H22N4O2. The molecule has 0 aliphatic heterocycles. The second-order valence-corrected chi connectivity index (χ2v) is 6.24. The van der Waals surface area contributed by atoms with Crippen molar-refractivity contribution in [3.63, 3.8) is 0 Å². The van der Waals surface area contributed by atoms with Crippen molar-refractivity contribution in [1.29, 1.82) is 5.26 Å². The molecule has 0 unspecified atom stereocenters. The third-order valence-corrected chi connectivity index (χ3v) is 2.66. The molecule has 0 aliphatic rings. The molecule has 118 valence electrons. The molecule has 22 heavy (non-hydrogen) atoms. The van der Waals surface area contributed by atoms with E-state index in [1.165, 1.54) is 0 Å². The molecule has 3 amide bonds. The van der Waals surface area contributed by atoms with E-state index in [4.69, 9.17) is 5.26 Å². The zero-order chi connectivity index (χ0) is 16.8. The number of nitrogens with zero attached hydrogens (tertiary/aromatic N) is 2. The lowest BCUT2D eigenvalue weighted by Gasteiger charge is -2.21. The van der Waals surface area contributed by atoms with Gasteiger partial charge in [0, 0.05) is 12.1 Å². The van der Waals surface area contributed by atoms with E-state index in [0.29, 0.717) is 12.1 Å². The van der Waals surface area contributed by atoms with Crippen molar-refractivity contribution in [3.8, 4) is 6.07 Å². The first-order chi connectivity index (χ1) is 10.2. The Morgan fingerprint density at radius 1 is 1.32 bits per heavy atom. The summed E-state index contributed by atoms with van der Waals surface area (Å²) in [6.07, 6.45) is 0. The molecule has 1 aromatic rings. The number of carbonyl (C=O) groups is 2. The van der Waals surface area contributed by atoms with Crippen LogP contribution in [0.15, 0.2) is 24.3 Å². The van der Waals surface area contributed by atoms with Gasteiger partial charge in [0.05, 0.1) is 18.2 Å². The number of benzene rings is 1. The first-order valence-corrected chi connectivity index (χ1v) is 6.99. The van der Waals surface area contributed by atoms with Crippen LogP contribution in [0.3, 0.4) is 0 Å². The van der Waals surface area contributed by atoms with Gasteiger partial charge in [0.2, 0.25) is 5.91 Å². The van der Waals surface area contributed by atoms with Crippen LogP contribution >= 0.6 is 0 Å². The van der Waals surface area contributed by atoms with Crippen LogP contribution in [0.1, 0.15) is 31.9 Å². The average Bonchev–Trinajstić information content (AvgIpc) is 2.35. The van der Waals surface area contributed by atoms with Gasteiger partial charge in [-0.2, -0.15) is 5.26 Å². The van der Waals surface area contributed by atoms with Gasteiger partial charge in [-0.15, -0.1) is 0 Å². The number of imide groups is 1. The third kappa shape index (κ3) is 6.86. The Hall–Kier alpha value is -2.39. The Bertz CT molecular complexity index is 585. The fourth-order valence-electron chi connectivity index (χ4n) is 1.89. The summed E-state index contributed by atoms with van der Waals surface area (Å²) in [6.45, 7) is 6.13. The number of rotatable bonds is 4. The summed E-state index contributed by atoms with van der Waals surface area (Å²) in [7, 11) is 1.78. The predicted octanol–water partition coefficient (Wildman–Crippen LogP) is 1.61. The van der Waals surface area contributed by atoms with Gasteiger partial charge in [-0.3, -0.25) is 15.0 Å². The van der Waals surface area contributed by atoms with Crippen LogP contribution < -0.4 is 10.6 Å². The minimum atomic E-state index is -0.502. The molecule has 0 saturated carbocycles. The number of carbonyl (C=O) groups excluding carboxylic acids is 2. The number of amides is 3. The Morgan fingerprint density at radius 2 is 2.00 bits per heavy atom. The first-order valence-electron chi connectivity index (χ1n) is 6.99. The number of hydrogen-bond donors (Lipinski definition) is 2. The van der Waals surface area contributed by atoms with Crippen molar-refractivity contribution >= 4 is 11.9 Å². The summed E-state index contributed by atoms with van der Waals surface area (Å²) >= 11 is 0. The summed E-state index contributed by atoms with van der Waals surface area (Å²) in [5.41, 5.74) is 1.13. The highest BCUT2D eigenvalue weighted by Gasteiger charge is 2.16. The average molecular weight is 302 g/mol. The number of nitrogens with one attached hydrogen (secondary N) is 2. The summed E-state index contributed by atoms with van der Waals surface area (Å²) in [4.78, 5) is 25.2. The maximum absolute atomic E-state index is 11.8. The molecule has 0 heterocycles. The molecular weight excluding hydrogens is 280 g/mol. The molecule has 0 saturated heterocycles. The van der Waals surface area contributed by atoms with Crippen molar-refractivity contribution < 1.29 is 9.59 Å². The van der Waals surface area contributed by atoms with Crippen LogP contribution in [0.4, 0.5) is 4.79 Å². The fourth-order valence-corrected chi connectivity index (χ4v) is 1.89. The lowest BCUT2D eigenvalue weighted by Crippen LogP contribution is -2.50. The molecule has 0 radical (unpaired) electrons. The monoisotopic (exact) mass is 302 g/mol. The molecule has 0 aromatic heterocycles. The summed E-state index contributed by atoms with van der Waals surface area (Å²) in [5.74, 6) is -0.374. The lowest BCUT2D eigenvalue weighted by atomic mass is 10.1. The van der Waals surface area contributed by atoms with Gasteiger partial charge in [0.15, 0.2) is 0 Å². The molecule has 1 rings (SSSR count). The van der Waals surface area contributed by atoms with E-state index >= 15 is 0 Å². The van der Waals surface area contributed by atoms with Gasteiger partial charge in [0.25, 0.3) is 0 Å². The van der Waals surface area contributed by atoms with Gasteiger partial charge in [-0.05, 0) is 45.5 Å². The van der Waals surface area contributed by atoms with Gasteiger partial charge in [-0.1, -0.05) is 12.1 Å². The van der Waals surface area contributed by atoms with Crippen molar-refractivity contribution in [3.05, 3.63) is 35.4 Å². The second kappa shape index (κ2) is 7.57. The van der Waals surface area contributed by atoms with E-state index < -0.39 is 11.6 Å². The number of hydrogen-bond acceptors (Lipinski definition) is 4. The molecule has 2 N–H and O–H groups in total. The minimum Gasteiger partial charge on any atom is -0.333 e. The smallest absolute Gasteiger partial charge is 0.321 e. The normalized spacial score (nSPS) is 10.9. The van der Waals surface area contributed by atoms with Crippen molar-refractivity contribution in [2.45, 2.75) is 32.9 Å². The molecule has 0 spiro atoms. The second-order valence-electron chi connectivity index (χ2n) is 6.24. The Morgan fingerprint density at radius 3 is 2.59 bits per heavy atom. The van der Waals surface area contributed by atoms with Crippen molar-refractivity contribution in [2.75, 3.05) is 13.6 Å². The maximum atomic E-state index is 11.8. The summed E-state index contributed by atoms with van der Waals surface area (Å²) < 4.78 is 0. The molecule has 6 nitrogen and oxygen atoms in total. The highest BCUT2D eigenvalue weighted by atomic mass is 16.2. The zero-order valence-electron chi connectivity index (χ0n) is 13.4. The highest BCUT2D eigenvalue weighted by molar-refractivity contribution is 5.95. The van der Waals surface area contributed by atoms with Crippen LogP contribution in [0.25, 0.3) is 0 Å². The van der Waals surface area contributed by atoms with E-state index in [1.54, 1.807) is 30.1 Å². The Kier molecular flexibility index (Phi) is 6.08. The van der Waals surface area contributed by atoms with Crippen LogP contribution in [0.2, 0.25) is 0 Å². The van der Waals surface area contributed by atoms with E-state index in [2.05, 4.69) is 16.7 Å². The third-order valence-electron chi connectivity index (χ3n) is 2.66. The molecule has 0 fully saturated rings. The maximum Gasteiger partial charge on any atom is 0.321 e. The molecule has 0 bridgehead atoms. The van der Waals surface area contributed by atoms with Gasteiger partial charge in [0.1, 0.15) is 0 Å². The summed E-state index contributed by atoms with van der Waals surface area (Å²) in [6, 6.07) is 8.78. The predicted molar refractivity (Wildman–Crippen MR) is 83.9 cm³/mol. The van der Waals surface area contributed by atoms with Gasteiger partial charge >= 0.3 is 6.03 Å². The summed E-state index contributed by atoms with van der Waals surface area (Å²) in [5, 5.41) is 13.8. The quantitative estimate of drug-likeness (QED) is 0.885. The Balaban J connectivity index is 2.47. The van der Waals surface area contributed by atoms with Gasteiger partial charge < -0.3 is 5.32 Å². The molecule has 0 aliphatic carbocycles. The molecule has 6 heteroatoms. The standard InChI is InChI=1S/C16H22N4O2/c1-16(2,3)19-15(22)18-14(21)11-20(4)10-13-7-5-6-12(8-13)9-17/h5-8H,10-11H2,1-4H3,(H2,18,19,21,22). The van der Waals surface area contributed by atoms with Crippen LogP contribution in [-0.4, -0.2) is 36.0 Å². The fraction of sp³-hybridized carbons (Fsp3) is 0.438. The largest absolute Gasteiger partial charge is 0.333 e. The van der Waals surface area contributed by atoms with Crippen LogP contribution in [-0.2, 0) is 11.3 Å². The van der Waals surface area contributed by atoms with Crippen molar-refractivity contribution in [1.82, 2.24) is 15.5 Å². The number of likely N-dealkylation sites (N-methyl/N-ethyl adjacent to an activating group) is 1. The van der Waals surface area contributed by atoms with E-state index in [9.17, 15) is 9.59 Å².